The van der Waals surface area contributed by atoms with E-state index in [1.165, 1.54) is 0 Å². The molecule has 0 atom stereocenters. The summed E-state index contributed by atoms with van der Waals surface area (Å²) in [7, 11) is 0. The number of β-amino-alcohol motifs (C(OH)–C–C–N with tert-alkyl or cyclic N) is 1. The highest BCUT2D eigenvalue weighted by atomic mass is 16.3. The highest BCUT2D eigenvalue weighted by Gasteiger charge is 2.41. The second kappa shape index (κ2) is 3.70. The molecule has 3 heterocycles. The van der Waals surface area contributed by atoms with Crippen molar-refractivity contribution in [1.82, 2.24) is 14.6 Å². The third-order valence-corrected chi connectivity index (χ3v) is 3.29. The number of rotatable bonds is 3. The Morgan fingerprint density at radius 1 is 1.41 bits per heavy atom. The average Bonchev–Trinajstić information content (AvgIpc) is 2.73. The summed E-state index contributed by atoms with van der Waals surface area (Å²) in [6, 6.07) is 1.94. The molecule has 1 fully saturated rings. The summed E-state index contributed by atoms with van der Waals surface area (Å²) in [5, 5.41) is 14.4. The molecule has 90 valence electrons. The van der Waals surface area contributed by atoms with Gasteiger partial charge in [-0.1, -0.05) is 13.3 Å². The lowest BCUT2D eigenvalue weighted by Crippen LogP contribution is -2.62. The van der Waals surface area contributed by atoms with E-state index < -0.39 is 5.60 Å². The molecule has 1 saturated heterocycles. The summed E-state index contributed by atoms with van der Waals surface area (Å²) in [5.41, 5.74) is 0.467. The molecule has 0 radical (unpaired) electrons. The predicted molar refractivity (Wildman–Crippen MR) is 65.1 cm³/mol. The van der Waals surface area contributed by atoms with E-state index >= 15 is 0 Å². The number of hydrogen-bond acceptors (Lipinski definition) is 4. The molecule has 0 amide bonds. The van der Waals surface area contributed by atoms with Crippen molar-refractivity contribution >= 4 is 11.3 Å². The third-order valence-electron chi connectivity index (χ3n) is 3.29. The lowest BCUT2D eigenvalue weighted by molar-refractivity contribution is 0.00308. The molecule has 1 aliphatic rings. The van der Waals surface area contributed by atoms with Gasteiger partial charge < -0.3 is 10.0 Å². The molecule has 2 aromatic rings. The maximum atomic E-state index is 10.2. The molecule has 1 N–H and O–H groups in total. The number of nitrogens with zero attached hydrogens (tertiary/aromatic N) is 4. The Morgan fingerprint density at radius 2 is 2.24 bits per heavy atom. The normalized spacial score (nSPS) is 18.4. The quantitative estimate of drug-likeness (QED) is 0.860. The topological polar surface area (TPSA) is 53.7 Å². The van der Waals surface area contributed by atoms with E-state index in [9.17, 15) is 5.11 Å². The van der Waals surface area contributed by atoms with Crippen LogP contribution >= 0.6 is 0 Å². The molecule has 0 spiro atoms. The van der Waals surface area contributed by atoms with Crippen LogP contribution in [0.4, 0.5) is 5.82 Å². The molecule has 0 aromatic carbocycles. The van der Waals surface area contributed by atoms with Gasteiger partial charge in [-0.3, -0.25) is 0 Å². The average molecular weight is 232 g/mol. The molecular formula is C12H16N4O. The van der Waals surface area contributed by atoms with E-state index in [2.05, 4.69) is 21.9 Å². The first-order valence-electron chi connectivity index (χ1n) is 5.97. The molecule has 0 unspecified atom stereocenters. The van der Waals surface area contributed by atoms with Gasteiger partial charge in [-0.25, -0.2) is 9.50 Å². The van der Waals surface area contributed by atoms with Gasteiger partial charge in [0, 0.05) is 12.4 Å². The van der Waals surface area contributed by atoms with Crippen molar-refractivity contribution in [3.63, 3.8) is 0 Å². The second-order valence-corrected chi connectivity index (χ2v) is 4.74. The molecule has 5 heteroatoms. The van der Waals surface area contributed by atoms with Crippen molar-refractivity contribution in [2.45, 2.75) is 25.4 Å². The second-order valence-electron chi connectivity index (χ2n) is 4.74. The van der Waals surface area contributed by atoms with Gasteiger partial charge in [0.05, 0.1) is 24.9 Å². The lowest BCUT2D eigenvalue weighted by Gasteiger charge is -2.47. The van der Waals surface area contributed by atoms with Crippen molar-refractivity contribution in [3.8, 4) is 0 Å². The van der Waals surface area contributed by atoms with Crippen LogP contribution < -0.4 is 4.90 Å². The number of aromatic nitrogens is 3. The third kappa shape index (κ3) is 1.67. The van der Waals surface area contributed by atoms with Crippen LogP contribution in [0.1, 0.15) is 19.8 Å². The predicted octanol–water partition coefficient (Wildman–Crippen LogP) is 1.08. The van der Waals surface area contributed by atoms with Gasteiger partial charge in [0.1, 0.15) is 5.52 Å². The zero-order valence-corrected chi connectivity index (χ0v) is 9.87. The van der Waals surface area contributed by atoms with Crippen LogP contribution in [0.2, 0.25) is 0 Å². The van der Waals surface area contributed by atoms with Crippen LogP contribution in [-0.4, -0.2) is 38.4 Å². The minimum absolute atomic E-state index is 0.525. The number of aliphatic hydroxyl groups is 1. The Balaban J connectivity index is 1.85. The smallest absolute Gasteiger partial charge is 0.154 e. The van der Waals surface area contributed by atoms with Crippen molar-refractivity contribution < 1.29 is 5.11 Å². The first kappa shape index (κ1) is 10.5. The summed E-state index contributed by atoms with van der Waals surface area (Å²) in [4.78, 5) is 6.48. The van der Waals surface area contributed by atoms with Crippen LogP contribution in [0.3, 0.4) is 0 Å². The summed E-state index contributed by atoms with van der Waals surface area (Å²) >= 11 is 0. The fourth-order valence-electron chi connectivity index (χ4n) is 2.52. The molecule has 0 saturated carbocycles. The first-order chi connectivity index (χ1) is 8.22. The summed E-state index contributed by atoms with van der Waals surface area (Å²) in [6.07, 6.45) is 7.20. The van der Waals surface area contributed by atoms with E-state index in [1.54, 1.807) is 16.9 Å². The SMILES string of the molecule is CCCC1(O)CN(c2nccn3nccc23)C1. The number of anilines is 1. The van der Waals surface area contributed by atoms with Crippen LogP contribution in [0.25, 0.3) is 5.52 Å². The summed E-state index contributed by atoms with van der Waals surface area (Å²) in [6.45, 7) is 3.42. The zero-order valence-electron chi connectivity index (χ0n) is 9.87. The first-order valence-corrected chi connectivity index (χ1v) is 5.97. The van der Waals surface area contributed by atoms with Gasteiger partial charge in [-0.2, -0.15) is 5.10 Å². The Morgan fingerprint density at radius 3 is 3.00 bits per heavy atom. The summed E-state index contributed by atoms with van der Waals surface area (Å²) < 4.78 is 1.81. The molecule has 3 rings (SSSR count). The van der Waals surface area contributed by atoms with Crippen molar-refractivity contribution in [2.24, 2.45) is 0 Å². The number of fused-ring (bicyclic) bond motifs is 1. The van der Waals surface area contributed by atoms with E-state index in [-0.39, 0.29) is 0 Å². The van der Waals surface area contributed by atoms with Crippen molar-refractivity contribution in [1.29, 1.82) is 0 Å². The molecule has 1 aliphatic heterocycles. The van der Waals surface area contributed by atoms with Gasteiger partial charge in [-0.05, 0) is 12.5 Å². The van der Waals surface area contributed by atoms with Gasteiger partial charge in [0.25, 0.3) is 0 Å². The van der Waals surface area contributed by atoms with Crippen LogP contribution in [0.15, 0.2) is 24.7 Å². The largest absolute Gasteiger partial charge is 0.386 e. The summed E-state index contributed by atoms with van der Waals surface area (Å²) in [5.74, 6) is 0.908. The minimum atomic E-state index is -0.525. The van der Waals surface area contributed by atoms with E-state index in [1.807, 2.05) is 12.3 Å². The van der Waals surface area contributed by atoms with Gasteiger partial charge >= 0.3 is 0 Å². The fourth-order valence-corrected chi connectivity index (χ4v) is 2.52. The van der Waals surface area contributed by atoms with Crippen molar-refractivity contribution in [2.75, 3.05) is 18.0 Å². The van der Waals surface area contributed by atoms with E-state index in [4.69, 9.17) is 0 Å². The molecule has 0 bridgehead atoms. The highest BCUT2D eigenvalue weighted by molar-refractivity contribution is 5.69. The number of hydrogen-bond donors (Lipinski definition) is 1. The molecule has 5 nitrogen and oxygen atoms in total. The molecule has 0 aliphatic carbocycles. The monoisotopic (exact) mass is 232 g/mol. The zero-order chi connectivity index (χ0) is 11.9. The van der Waals surface area contributed by atoms with E-state index in [0.717, 1.165) is 24.2 Å². The maximum Gasteiger partial charge on any atom is 0.154 e. The van der Waals surface area contributed by atoms with Gasteiger partial charge in [0.15, 0.2) is 5.82 Å². The Hall–Kier alpha value is -1.62. The Labute approximate surface area is 99.7 Å². The van der Waals surface area contributed by atoms with Gasteiger partial charge in [-0.15, -0.1) is 0 Å². The highest BCUT2D eigenvalue weighted by Crippen LogP contribution is 2.31. The van der Waals surface area contributed by atoms with Crippen LogP contribution in [0, 0.1) is 0 Å². The van der Waals surface area contributed by atoms with Crippen LogP contribution in [0.5, 0.6) is 0 Å². The Bertz CT molecular complexity index is 530. The van der Waals surface area contributed by atoms with Crippen LogP contribution in [-0.2, 0) is 0 Å². The molecular weight excluding hydrogens is 216 g/mol. The maximum absolute atomic E-state index is 10.2. The lowest BCUT2D eigenvalue weighted by atomic mass is 9.89. The van der Waals surface area contributed by atoms with E-state index in [0.29, 0.717) is 13.1 Å². The molecule has 17 heavy (non-hydrogen) atoms. The minimum Gasteiger partial charge on any atom is -0.386 e. The Kier molecular flexibility index (Phi) is 2.29. The fraction of sp³-hybridized carbons (Fsp3) is 0.500. The molecule has 2 aromatic heterocycles. The van der Waals surface area contributed by atoms with Gasteiger partial charge in [0.2, 0.25) is 0 Å². The van der Waals surface area contributed by atoms with Crippen molar-refractivity contribution in [3.05, 3.63) is 24.7 Å². The standard InChI is InChI=1S/C12H16N4O/c1-2-4-12(17)8-15(9-12)11-10-3-5-14-16(10)7-6-13-11/h3,5-7,17H,2,4,8-9H2,1H3.